The molecule has 1 aromatic carbocycles. The number of hydrogen-bond acceptors (Lipinski definition) is 4. The Hall–Kier alpha value is -2.04. The number of pyridine rings is 1. The largest absolute Gasteiger partial charge is 0.312 e. The van der Waals surface area contributed by atoms with Crippen molar-refractivity contribution in [2.75, 3.05) is 6.54 Å². The van der Waals surface area contributed by atoms with Gasteiger partial charge in [0.1, 0.15) is 0 Å². The van der Waals surface area contributed by atoms with Gasteiger partial charge in [0.15, 0.2) is 0 Å². The molecule has 3 rings (SSSR count). The quantitative estimate of drug-likeness (QED) is 0.707. The van der Waals surface area contributed by atoms with Crippen LogP contribution in [0.15, 0.2) is 60.2 Å². The smallest absolute Gasteiger partial charge is 0.0945 e. The molecule has 21 heavy (non-hydrogen) atoms. The maximum Gasteiger partial charge on any atom is 0.0945 e. The average Bonchev–Trinajstić information content (AvgIpc) is 3.02. The van der Waals surface area contributed by atoms with E-state index in [-0.39, 0.29) is 0 Å². The van der Waals surface area contributed by atoms with Gasteiger partial charge in [-0.05, 0) is 17.7 Å². The molecule has 0 bridgehead atoms. The first-order valence-electron chi connectivity index (χ1n) is 7.01. The van der Waals surface area contributed by atoms with Crippen LogP contribution in [0.4, 0.5) is 0 Å². The predicted molar refractivity (Wildman–Crippen MR) is 87.2 cm³/mol. The van der Waals surface area contributed by atoms with Crippen LogP contribution in [-0.4, -0.2) is 16.5 Å². The van der Waals surface area contributed by atoms with Crippen LogP contribution in [0.5, 0.6) is 0 Å². The number of thiazole rings is 1. The van der Waals surface area contributed by atoms with Crippen LogP contribution in [0.3, 0.4) is 0 Å². The lowest BCUT2D eigenvalue weighted by Gasteiger charge is -2.03. The topological polar surface area (TPSA) is 37.8 Å². The molecular formula is C17H17N3S. The van der Waals surface area contributed by atoms with E-state index >= 15 is 0 Å². The summed E-state index contributed by atoms with van der Waals surface area (Å²) in [6.45, 7) is 1.85. The van der Waals surface area contributed by atoms with E-state index in [2.05, 4.69) is 44.9 Å². The second kappa shape index (κ2) is 7.11. The van der Waals surface area contributed by atoms with Gasteiger partial charge in [-0.15, -0.1) is 11.3 Å². The molecular weight excluding hydrogens is 278 g/mol. The molecule has 0 aliphatic heterocycles. The zero-order valence-electron chi connectivity index (χ0n) is 11.7. The zero-order valence-corrected chi connectivity index (χ0v) is 12.5. The van der Waals surface area contributed by atoms with Gasteiger partial charge in [0.25, 0.3) is 0 Å². The zero-order chi connectivity index (χ0) is 14.3. The third kappa shape index (κ3) is 3.97. The molecule has 0 aliphatic rings. The lowest BCUT2D eigenvalue weighted by molar-refractivity contribution is 0.685. The molecule has 3 aromatic rings. The lowest BCUT2D eigenvalue weighted by atomic mass is 10.2. The van der Waals surface area contributed by atoms with E-state index in [4.69, 9.17) is 0 Å². The summed E-state index contributed by atoms with van der Waals surface area (Å²) in [5, 5.41) is 6.74. The summed E-state index contributed by atoms with van der Waals surface area (Å²) < 4.78 is 0. The molecule has 0 saturated heterocycles. The van der Waals surface area contributed by atoms with Gasteiger partial charge < -0.3 is 5.32 Å². The van der Waals surface area contributed by atoms with Crippen molar-refractivity contribution in [3.05, 3.63) is 70.8 Å². The van der Waals surface area contributed by atoms with Gasteiger partial charge >= 0.3 is 0 Å². The highest BCUT2D eigenvalue weighted by Crippen LogP contribution is 2.21. The van der Waals surface area contributed by atoms with Crippen LogP contribution < -0.4 is 5.32 Å². The Bertz CT molecular complexity index is 665. The van der Waals surface area contributed by atoms with Crippen LogP contribution in [0.1, 0.15) is 10.6 Å². The Morgan fingerprint density at radius 1 is 1.00 bits per heavy atom. The molecule has 2 aromatic heterocycles. The summed E-state index contributed by atoms with van der Waals surface area (Å²) in [6, 6.07) is 14.4. The number of nitrogens with one attached hydrogen (secondary N) is 1. The van der Waals surface area contributed by atoms with Gasteiger partial charge in [0.2, 0.25) is 0 Å². The Labute approximate surface area is 128 Å². The second-order valence-electron chi connectivity index (χ2n) is 4.77. The van der Waals surface area contributed by atoms with E-state index in [1.165, 1.54) is 10.6 Å². The fourth-order valence-corrected chi connectivity index (χ4v) is 2.91. The van der Waals surface area contributed by atoms with Crippen molar-refractivity contribution in [3.63, 3.8) is 0 Å². The first kappa shape index (κ1) is 13.9. The maximum absolute atomic E-state index is 4.68. The van der Waals surface area contributed by atoms with Gasteiger partial charge in [-0.2, -0.15) is 0 Å². The van der Waals surface area contributed by atoms with Crippen LogP contribution in [0, 0.1) is 0 Å². The van der Waals surface area contributed by atoms with Gasteiger partial charge in [-0.3, -0.25) is 4.98 Å². The number of aromatic nitrogens is 2. The Kier molecular flexibility index (Phi) is 4.71. The fraction of sp³-hybridized carbons (Fsp3) is 0.176. The number of hydrogen-bond donors (Lipinski definition) is 1. The second-order valence-corrected chi connectivity index (χ2v) is 5.72. The van der Waals surface area contributed by atoms with Crippen LogP contribution in [0.2, 0.25) is 0 Å². The summed E-state index contributed by atoms with van der Waals surface area (Å²) in [5.41, 5.74) is 3.49. The van der Waals surface area contributed by atoms with E-state index in [0.29, 0.717) is 0 Å². The molecule has 0 atom stereocenters. The summed E-state index contributed by atoms with van der Waals surface area (Å²) in [5.74, 6) is 0. The highest BCUT2D eigenvalue weighted by atomic mass is 32.1. The SMILES string of the molecule is c1ccc(CNCCc2nc(-c3ccncc3)cs2)cc1. The highest BCUT2D eigenvalue weighted by Gasteiger charge is 2.04. The van der Waals surface area contributed by atoms with Crippen molar-refractivity contribution in [2.24, 2.45) is 0 Å². The third-order valence-electron chi connectivity index (χ3n) is 3.22. The predicted octanol–water partition coefficient (Wildman–Crippen LogP) is 3.54. The first-order valence-corrected chi connectivity index (χ1v) is 7.89. The summed E-state index contributed by atoms with van der Waals surface area (Å²) in [6.07, 6.45) is 4.56. The summed E-state index contributed by atoms with van der Waals surface area (Å²) in [4.78, 5) is 8.71. The number of rotatable bonds is 6. The molecule has 0 unspecified atom stereocenters. The van der Waals surface area contributed by atoms with Crippen LogP contribution in [-0.2, 0) is 13.0 Å². The fourth-order valence-electron chi connectivity index (χ4n) is 2.10. The van der Waals surface area contributed by atoms with E-state index in [1.54, 1.807) is 23.7 Å². The molecule has 0 saturated carbocycles. The van der Waals surface area contributed by atoms with Crippen LogP contribution >= 0.6 is 11.3 Å². The van der Waals surface area contributed by atoms with E-state index in [0.717, 1.165) is 30.8 Å². The lowest BCUT2D eigenvalue weighted by Crippen LogP contribution is -2.16. The first-order chi connectivity index (χ1) is 10.4. The van der Waals surface area contributed by atoms with Gasteiger partial charge in [0, 0.05) is 42.8 Å². The van der Waals surface area contributed by atoms with Crippen molar-refractivity contribution in [2.45, 2.75) is 13.0 Å². The minimum absolute atomic E-state index is 0.906. The Morgan fingerprint density at radius 3 is 2.62 bits per heavy atom. The van der Waals surface area contributed by atoms with E-state index < -0.39 is 0 Å². The number of nitrogens with zero attached hydrogens (tertiary/aromatic N) is 2. The molecule has 0 radical (unpaired) electrons. The molecule has 1 N–H and O–H groups in total. The highest BCUT2D eigenvalue weighted by molar-refractivity contribution is 7.09. The van der Waals surface area contributed by atoms with Crippen molar-refractivity contribution < 1.29 is 0 Å². The molecule has 106 valence electrons. The average molecular weight is 295 g/mol. The van der Waals surface area contributed by atoms with Gasteiger partial charge in [-0.1, -0.05) is 30.3 Å². The minimum Gasteiger partial charge on any atom is -0.312 e. The number of benzene rings is 1. The van der Waals surface area contributed by atoms with E-state index in [9.17, 15) is 0 Å². The van der Waals surface area contributed by atoms with Crippen molar-refractivity contribution in [3.8, 4) is 11.3 Å². The molecule has 0 fully saturated rings. The Balaban J connectivity index is 1.49. The molecule has 0 amide bonds. The summed E-state index contributed by atoms with van der Waals surface area (Å²) >= 11 is 1.72. The molecule has 3 nitrogen and oxygen atoms in total. The minimum atomic E-state index is 0.906. The standard InChI is InChI=1S/C17H17N3S/c1-2-4-14(5-3-1)12-19-11-8-17-20-16(13-21-17)15-6-9-18-10-7-15/h1-7,9-10,13,19H,8,11-12H2. The molecule has 0 spiro atoms. The molecule has 0 aliphatic carbocycles. The summed E-state index contributed by atoms with van der Waals surface area (Å²) in [7, 11) is 0. The van der Waals surface area contributed by atoms with Crippen molar-refractivity contribution in [1.29, 1.82) is 0 Å². The third-order valence-corrected chi connectivity index (χ3v) is 4.12. The molecule has 4 heteroatoms. The van der Waals surface area contributed by atoms with Gasteiger partial charge in [-0.25, -0.2) is 4.98 Å². The van der Waals surface area contributed by atoms with E-state index in [1.807, 2.05) is 18.2 Å². The van der Waals surface area contributed by atoms with Crippen molar-refractivity contribution in [1.82, 2.24) is 15.3 Å². The monoisotopic (exact) mass is 295 g/mol. The van der Waals surface area contributed by atoms with Crippen molar-refractivity contribution >= 4 is 11.3 Å². The normalized spacial score (nSPS) is 10.7. The molecule has 2 heterocycles. The van der Waals surface area contributed by atoms with Crippen LogP contribution in [0.25, 0.3) is 11.3 Å². The van der Waals surface area contributed by atoms with Gasteiger partial charge in [0.05, 0.1) is 10.7 Å². The maximum atomic E-state index is 4.68. The Morgan fingerprint density at radius 2 is 1.81 bits per heavy atom.